The molecule has 0 radical (unpaired) electrons. The molecule has 0 aliphatic carbocycles. The van der Waals surface area contributed by atoms with Crippen molar-refractivity contribution >= 4 is 10.0 Å². The van der Waals surface area contributed by atoms with Gasteiger partial charge < -0.3 is 0 Å². The zero-order valence-electron chi connectivity index (χ0n) is 14.6. The fraction of sp³-hybridized carbons (Fsp3) is 0.667. The molecule has 2 aliphatic heterocycles. The molecule has 1 atom stereocenters. The largest absolute Gasteiger partial charge is 0.296 e. The van der Waals surface area contributed by atoms with Crippen LogP contribution in [-0.2, 0) is 23.0 Å². The second-order valence-electron chi connectivity index (χ2n) is 7.48. The first-order valence-electron chi connectivity index (χ1n) is 8.63. The molecule has 23 heavy (non-hydrogen) atoms. The summed E-state index contributed by atoms with van der Waals surface area (Å²) in [5.41, 5.74) is 3.99. The molecule has 0 spiro atoms. The van der Waals surface area contributed by atoms with E-state index in [1.807, 2.05) is 13.8 Å². The van der Waals surface area contributed by atoms with Crippen LogP contribution in [0.4, 0.5) is 0 Å². The minimum atomic E-state index is -3.10. The average molecular weight is 337 g/mol. The van der Waals surface area contributed by atoms with Crippen LogP contribution in [0.5, 0.6) is 0 Å². The highest BCUT2D eigenvalue weighted by molar-refractivity contribution is 7.89. The van der Waals surface area contributed by atoms with Crippen LogP contribution < -0.4 is 0 Å². The molecule has 2 aliphatic rings. The van der Waals surface area contributed by atoms with Crippen molar-refractivity contribution in [3.63, 3.8) is 0 Å². The molecule has 2 heterocycles. The van der Waals surface area contributed by atoms with E-state index in [2.05, 4.69) is 36.9 Å². The molecule has 5 heteroatoms. The predicted molar refractivity (Wildman–Crippen MR) is 94.1 cm³/mol. The average Bonchev–Trinajstić information content (AvgIpc) is 2.82. The predicted octanol–water partition coefficient (Wildman–Crippen LogP) is 2.59. The molecule has 1 unspecified atom stereocenters. The fourth-order valence-corrected chi connectivity index (χ4v) is 5.80. The molecule has 1 saturated heterocycles. The zero-order valence-corrected chi connectivity index (χ0v) is 15.4. The molecular formula is C18H28N2O2S. The van der Waals surface area contributed by atoms with Gasteiger partial charge in [0.25, 0.3) is 0 Å². The summed E-state index contributed by atoms with van der Waals surface area (Å²) in [7, 11) is -3.10. The van der Waals surface area contributed by atoms with E-state index in [4.69, 9.17) is 0 Å². The first-order valence-corrected chi connectivity index (χ1v) is 10.2. The molecule has 1 aromatic rings. The summed E-state index contributed by atoms with van der Waals surface area (Å²) >= 11 is 0. The Kier molecular flexibility index (Phi) is 4.55. The Labute approximate surface area is 140 Å². The Bertz CT molecular complexity index is 682. The maximum absolute atomic E-state index is 12.3. The smallest absolute Gasteiger partial charge is 0.215 e. The second-order valence-corrected chi connectivity index (χ2v) is 9.45. The lowest BCUT2D eigenvalue weighted by molar-refractivity contribution is 0.203. The Morgan fingerprint density at radius 1 is 1.09 bits per heavy atom. The van der Waals surface area contributed by atoms with Crippen LogP contribution >= 0.6 is 0 Å². The molecular weight excluding hydrogens is 308 g/mol. The maximum atomic E-state index is 12.3. The molecule has 0 amide bonds. The SMILES string of the molecule is CC(C)N1CCc2cc(C3CN(C(C)C)S(=O)(=O)C3)ccc2C1. The van der Waals surface area contributed by atoms with Crippen molar-refractivity contribution in [3.05, 3.63) is 34.9 Å². The van der Waals surface area contributed by atoms with Crippen LogP contribution in [0.2, 0.25) is 0 Å². The monoisotopic (exact) mass is 336 g/mol. The van der Waals surface area contributed by atoms with Gasteiger partial charge in [-0.15, -0.1) is 0 Å². The standard InChI is InChI=1S/C18H28N2O2S/c1-13(2)19-8-7-16-9-15(5-6-17(16)10-19)18-11-20(14(3)4)23(21,22)12-18/h5-6,9,13-14,18H,7-8,10-12H2,1-4H3. The van der Waals surface area contributed by atoms with Gasteiger partial charge in [-0.05, 0) is 50.8 Å². The highest BCUT2D eigenvalue weighted by Crippen LogP contribution is 2.32. The Hall–Kier alpha value is -0.910. The van der Waals surface area contributed by atoms with Crippen molar-refractivity contribution in [3.8, 4) is 0 Å². The number of sulfonamides is 1. The van der Waals surface area contributed by atoms with E-state index in [0.29, 0.717) is 12.6 Å². The van der Waals surface area contributed by atoms with Crippen LogP contribution in [0, 0.1) is 0 Å². The van der Waals surface area contributed by atoms with Crippen LogP contribution in [0.15, 0.2) is 18.2 Å². The van der Waals surface area contributed by atoms with E-state index < -0.39 is 10.0 Å². The van der Waals surface area contributed by atoms with Gasteiger partial charge in [-0.3, -0.25) is 4.90 Å². The Morgan fingerprint density at radius 3 is 2.43 bits per heavy atom. The second kappa shape index (κ2) is 6.19. The first kappa shape index (κ1) is 16.9. The van der Waals surface area contributed by atoms with E-state index in [0.717, 1.165) is 19.5 Å². The Morgan fingerprint density at radius 2 is 1.83 bits per heavy atom. The molecule has 4 nitrogen and oxygen atoms in total. The summed E-state index contributed by atoms with van der Waals surface area (Å²) in [4.78, 5) is 2.49. The van der Waals surface area contributed by atoms with Crippen LogP contribution in [0.3, 0.4) is 0 Å². The summed E-state index contributed by atoms with van der Waals surface area (Å²) in [5.74, 6) is 0.359. The van der Waals surface area contributed by atoms with Crippen LogP contribution in [-0.4, -0.2) is 48.5 Å². The quantitative estimate of drug-likeness (QED) is 0.852. The lowest BCUT2D eigenvalue weighted by atomic mass is 9.92. The van der Waals surface area contributed by atoms with Crippen LogP contribution in [0.25, 0.3) is 0 Å². The third kappa shape index (κ3) is 3.32. The van der Waals surface area contributed by atoms with Gasteiger partial charge in [-0.25, -0.2) is 8.42 Å². The van der Waals surface area contributed by atoms with E-state index >= 15 is 0 Å². The summed E-state index contributed by atoms with van der Waals surface area (Å²) in [6, 6.07) is 7.23. The summed E-state index contributed by atoms with van der Waals surface area (Å²) in [6.07, 6.45) is 1.06. The number of nitrogens with zero attached hydrogens (tertiary/aromatic N) is 2. The van der Waals surface area contributed by atoms with E-state index in [1.54, 1.807) is 4.31 Å². The maximum Gasteiger partial charge on any atom is 0.215 e. The van der Waals surface area contributed by atoms with E-state index in [9.17, 15) is 8.42 Å². The van der Waals surface area contributed by atoms with Gasteiger partial charge in [0.1, 0.15) is 0 Å². The third-order valence-electron chi connectivity index (χ3n) is 5.22. The van der Waals surface area contributed by atoms with Crippen molar-refractivity contribution in [2.45, 2.75) is 58.7 Å². The van der Waals surface area contributed by atoms with Crippen molar-refractivity contribution in [1.29, 1.82) is 0 Å². The zero-order chi connectivity index (χ0) is 16.8. The van der Waals surface area contributed by atoms with Gasteiger partial charge in [0.05, 0.1) is 5.75 Å². The van der Waals surface area contributed by atoms with Gasteiger partial charge >= 0.3 is 0 Å². The topological polar surface area (TPSA) is 40.6 Å². The number of benzene rings is 1. The Balaban J connectivity index is 1.81. The summed E-state index contributed by atoms with van der Waals surface area (Å²) < 4.78 is 26.3. The van der Waals surface area contributed by atoms with Crippen LogP contribution in [0.1, 0.15) is 50.3 Å². The summed E-state index contributed by atoms with van der Waals surface area (Å²) in [6.45, 7) is 11.1. The molecule has 3 rings (SSSR count). The minimum absolute atomic E-state index is 0.0437. The van der Waals surface area contributed by atoms with E-state index in [-0.39, 0.29) is 17.7 Å². The number of fused-ring (bicyclic) bond motifs is 1. The summed E-state index contributed by atoms with van der Waals surface area (Å²) in [5, 5.41) is 0. The highest BCUT2D eigenvalue weighted by Gasteiger charge is 2.38. The van der Waals surface area contributed by atoms with Crippen molar-refractivity contribution in [2.24, 2.45) is 0 Å². The molecule has 0 N–H and O–H groups in total. The van der Waals surface area contributed by atoms with Gasteiger partial charge in [0.2, 0.25) is 10.0 Å². The number of rotatable bonds is 3. The molecule has 0 saturated carbocycles. The highest BCUT2D eigenvalue weighted by atomic mass is 32.2. The molecule has 128 valence electrons. The number of hydrogen-bond acceptors (Lipinski definition) is 3. The van der Waals surface area contributed by atoms with Crippen molar-refractivity contribution in [2.75, 3.05) is 18.8 Å². The van der Waals surface area contributed by atoms with Crippen molar-refractivity contribution in [1.82, 2.24) is 9.21 Å². The van der Waals surface area contributed by atoms with Gasteiger partial charge in [0.15, 0.2) is 0 Å². The van der Waals surface area contributed by atoms with E-state index in [1.165, 1.54) is 16.7 Å². The normalized spacial score (nSPS) is 25.2. The van der Waals surface area contributed by atoms with Gasteiger partial charge in [0, 0.05) is 37.6 Å². The minimum Gasteiger partial charge on any atom is -0.296 e. The molecule has 0 aromatic heterocycles. The first-order chi connectivity index (χ1) is 10.8. The molecule has 0 bridgehead atoms. The molecule has 1 fully saturated rings. The van der Waals surface area contributed by atoms with Crippen molar-refractivity contribution < 1.29 is 8.42 Å². The lowest BCUT2D eigenvalue weighted by Crippen LogP contribution is -2.35. The lowest BCUT2D eigenvalue weighted by Gasteiger charge is -2.32. The van der Waals surface area contributed by atoms with Gasteiger partial charge in [-0.1, -0.05) is 18.2 Å². The fourth-order valence-electron chi connectivity index (χ4n) is 3.76. The van der Waals surface area contributed by atoms with Gasteiger partial charge in [-0.2, -0.15) is 4.31 Å². The number of hydrogen-bond donors (Lipinski definition) is 0. The molecule has 1 aromatic carbocycles. The third-order valence-corrected chi connectivity index (χ3v) is 7.33.